The van der Waals surface area contributed by atoms with E-state index in [1.165, 1.54) is 10.6 Å². The summed E-state index contributed by atoms with van der Waals surface area (Å²) in [5.74, 6) is 0.0883. The van der Waals surface area contributed by atoms with Gasteiger partial charge in [-0.05, 0) is 32.4 Å². The number of aromatic nitrogens is 5. The molecule has 8 heteroatoms. The Kier molecular flexibility index (Phi) is 5.24. The van der Waals surface area contributed by atoms with Crippen LogP contribution in [0.1, 0.15) is 39.7 Å². The zero-order valence-electron chi connectivity index (χ0n) is 17.5. The summed E-state index contributed by atoms with van der Waals surface area (Å²) in [7, 11) is 1.66. The number of pyridine rings is 1. The Morgan fingerprint density at radius 3 is 2.67 bits per heavy atom. The van der Waals surface area contributed by atoms with Crippen molar-refractivity contribution in [2.45, 2.75) is 39.7 Å². The van der Waals surface area contributed by atoms with Gasteiger partial charge in [0.2, 0.25) is 5.88 Å². The zero-order chi connectivity index (χ0) is 21.4. The summed E-state index contributed by atoms with van der Waals surface area (Å²) in [6, 6.07) is 6.51. The average Bonchev–Trinajstić information content (AvgIpc) is 2.99. The van der Waals surface area contributed by atoms with E-state index in [0.717, 1.165) is 12.8 Å². The molecule has 0 N–H and O–H groups in total. The van der Waals surface area contributed by atoms with Crippen molar-refractivity contribution in [3.05, 3.63) is 46.8 Å². The third-order valence-electron chi connectivity index (χ3n) is 5.17. The highest BCUT2D eigenvalue weighted by molar-refractivity contribution is 6.02. The Balaban J connectivity index is 1.87. The third-order valence-corrected chi connectivity index (χ3v) is 5.17. The maximum atomic E-state index is 14.9. The maximum absolute atomic E-state index is 14.9. The molecule has 0 radical (unpaired) electrons. The van der Waals surface area contributed by atoms with Crippen LogP contribution in [0.4, 0.5) is 4.39 Å². The van der Waals surface area contributed by atoms with Crippen molar-refractivity contribution in [1.29, 1.82) is 0 Å². The monoisotopic (exact) mass is 409 g/mol. The molecule has 156 valence electrons. The highest BCUT2D eigenvalue weighted by Crippen LogP contribution is 2.31. The first-order valence-corrected chi connectivity index (χ1v) is 10.1. The number of halogens is 1. The number of hydrogen-bond acceptors (Lipinski definition) is 5. The Hall–Kier alpha value is -3.29. The number of fused-ring (bicyclic) bond motifs is 3. The van der Waals surface area contributed by atoms with E-state index < -0.39 is 5.82 Å². The summed E-state index contributed by atoms with van der Waals surface area (Å²) in [5, 5.41) is 8.97. The molecule has 0 saturated heterocycles. The van der Waals surface area contributed by atoms with E-state index in [0.29, 0.717) is 45.7 Å². The standard InChI is InChI=1S/C22H24FN5O2/c1-5-6-9-30-19-8-7-14(12-24-19)15-10-16-18(11-17(15)23)25-26-21-20(16)28(13(2)3)22(29)27(21)4/h7-8,10-13H,5-6,9H2,1-4H3. The third kappa shape index (κ3) is 3.32. The van der Waals surface area contributed by atoms with Crippen molar-refractivity contribution in [3.63, 3.8) is 0 Å². The molecule has 7 nitrogen and oxygen atoms in total. The molecule has 30 heavy (non-hydrogen) atoms. The summed E-state index contributed by atoms with van der Waals surface area (Å²) >= 11 is 0. The van der Waals surface area contributed by atoms with Crippen molar-refractivity contribution in [2.75, 3.05) is 6.61 Å². The van der Waals surface area contributed by atoms with Gasteiger partial charge >= 0.3 is 5.69 Å². The molecule has 0 aliphatic heterocycles. The summed E-state index contributed by atoms with van der Waals surface area (Å²) in [5.41, 5.74) is 2.35. The van der Waals surface area contributed by atoms with Crippen LogP contribution >= 0.6 is 0 Å². The minimum atomic E-state index is -0.424. The van der Waals surface area contributed by atoms with Crippen molar-refractivity contribution in [2.24, 2.45) is 7.05 Å². The van der Waals surface area contributed by atoms with E-state index in [1.54, 1.807) is 36.0 Å². The van der Waals surface area contributed by atoms with E-state index in [1.807, 2.05) is 13.8 Å². The lowest BCUT2D eigenvalue weighted by Gasteiger charge is -2.10. The van der Waals surface area contributed by atoms with Gasteiger partial charge < -0.3 is 4.74 Å². The molecule has 0 aliphatic carbocycles. The number of imidazole rings is 1. The quantitative estimate of drug-likeness (QED) is 0.445. The molecule has 3 heterocycles. The Morgan fingerprint density at radius 1 is 1.20 bits per heavy atom. The van der Waals surface area contributed by atoms with Crippen LogP contribution in [0.2, 0.25) is 0 Å². The fraction of sp³-hybridized carbons (Fsp3) is 0.364. The fourth-order valence-electron chi connectivity index (χ4n) is 3.56. The molecule has 0 spiro atoms. The fourth-order valence-corrected chi connectivity index (χ4v) is 3.56. The first-order chi connectivity index (χ1) is 14.4. The molecule has 0 amide bonds. The van der Waals surface area contributed by atoms with Gasteiger partial charge in [0.1, 0.15) is 11.3 Å². The lowest BCUT2D eigenvalue weighted by atomic mass is 10.0. The van der Waals surface area contributed by atoms with Gasteiger partial charge in [-0.25, -0.2) is 14.2 Å². The number of benzene rings is 1. The highest BCUT2D eigenvalue weighted by Gasteiger charge is 2.19. The first kappa shape index (κ1) is 20.0. The van der Waals surface area contributed by atoms with E-state index in [2.05, 4.69) is 22.1 Å². The predicted molar refractivity (Wildman–Crippen MR) is 114 cm³/mol. The Bertz CT molecular complexity index is 1280. The summed E-state index contributed by atoms with van der Waals surface area (Å²) in [4.78, 5) is 17.0. The highest BCUT2D eigenvalue weighted by atomic mass is 19.1. The molecule has 1 aromatic carbocycles. The van der Waals surface area contributed by atoms with Gasteiger partial charge in [-0.2, -0.15) is 0 Å². The molecule has 4 rings (SSSR count). The zero-order valence-corrected chi connectivity index (χ0v) is 17.5. The van der Waals surface area contributed by atoms with Crippen LogP contribution in [0.5, 0.6) is 5.88 Å². The number of rotatable bonds is 6. The van der Waals surface area contributed by atoms with Crippen molar-refractivity contribution in [1.82, 2.24) is 24.3 Å². The van der Waals surface area contributed by atoms with E-state index >= 15 is 0 Å². The van der Waals surface area contributed by atoms with Gasteiger partial charge in [-0.15, -0.1) is 10.2 Å². The number of aryl methyl sites for hydroxylation is 1. The first-order valence-electron chi connectivity index (χ1n) is 10.1. The van der Waals surface area contributed by atoms with E-state index in [9.17, 15) is 9.18 Å². The molecule has 0 fully saturated rings. The van der Waals surface area contributed by atoms with E-state index in [-0.39, 0.29) is 11.7 Å². The molecular weight excluding hydrogens is 385 g/mol. The second-order valence-corrected chi connectivity index (χ2v) is 7.61. The Morgan fingerprint density at radius 2 is 2.00 bits per heavy atom. The number of nitrogens with zero attached hydrogens (tertiary/aromatic N) is 5. The largest absolute Gasteiger partial charge is 0.478 e. The van der Waals surface area contributed by atoms with Crippen LogP contribution in [-0.4, -0.2) is 30.9 Å². The molecule has 0 aliphatic rings. The second-order valence-electron chi connectivity index (χ2n) is 7.61. The average molecular weight is 409 g/mol. The number of unbranched alkanes of at least 4 members (excludes halogenated alkanes) is 1. The molecule has 0 saturated carbocycles. The van der Waals surface area contributed by atoms with Crippen LogP contribution in [0.3, 0.4) is 0 Å². The van der Waals surface area contributed by atoms with Gasteiger partial charge in [0.05, 0.1) is 12.1 Å². The smallest absolute Gasteiger partial charge is 0.330 e. The topological polar surface area (TPSA) is 74.8 Å². The van der Waals surface area contributed by atoms with Crippen molar-refractivity contribution >= 4 is 22.1 Å². The lowest BCUT2D eigenvalue weighted by molar-refractivity contribution is 0.298. The van der Waals surface area contributed by atoms with Crippen LogP contribution < -0.4 is 10.4 Å². The Labute approximate surface area is 173 Å². The summed E-state index contributed by atoms with van der Waals surface area (Å²) in [6.07, 6.45) is 3.59. The molecule has 0 bridgehead atoms. The predicted octanol–water partition coefficient (Wildman–Crippen LogP) is 4.24. The second kappa shape index (κ2) is 7.85. The molecular formula is C22H24FN5O2. The van der Waals surface area contributed by atoms with E-state index in [4.69, 9.17) is 4.74 Å². The van der Waals surface area contributed by atoms with Gasteiger partial charge in [0.25, 0.3) is 0 Å². The van der Waals surface area contributed by atoms with Crippen LogP contribution in [0.25, 0.3) is 33.2 Å². The minimum Gasteiger partial charge on any atom is -0.478 e. The van der Waals surface area contributed by atoms with Crippen molar-refractivity contribution in [3.8, 4) is 17.0 Å². The van der Waals surface area contributed by atoms with Crippen LogP contribution in [0.15, 0.2) is 35.3 Å². The van der Waals surface area contributed by atoms with Crippen LogP contribution in [0, 0.1) is 5.82 Å². The van der Waals surface area contributed by atoms with Crippen LogP contribution in [-0.2, 0) is 7.05 Å². The van der Waals surface area contributed by atoms with Gasteiger partial charge in [0, 0.05) is 47.9 Å². The molecule has 0 unspecified atom stereocenters. The van der Waals surface area contributed by atoms with Gasteiger partial charge in [0.15, 0.2) is 5.65 Å². The van der Waals surface area contributed by atoms with Gasteiger partial charge in [-0.1, -0.05) is 13.3 Å². The summed E-state index contributed by atoms with van der Waals surface area (Å²) in [6.45, 7) is 6.55. The van der Waals surface area contributed by atoms with Crippen molar-refractivity contribution < 1.29 is 9.13 Å². The molecule has 0 atom stereocenters. The molecule has 4 aromatic rings. The normalized spacial score (nSPS) is 11.7. The summed E-state index contributed by atoms with van der Waals surface area (Å²) < 4.78 is 23.6. The number of hydrogen-bond donors (Lipinski definition) is 0. The maximum Gasteiger partial charge on any atom is 0.330 e. The lowest BCUT2D eigenvalue weighted by Crippen LogP contribution is -2.23. The molecule has 3 aromatic heterocycles. The van der Waals surface area contributed by atoms with Gasteiger partial charge in [-0.3, -0.25) is 9.13 Å². The minimum absolute atomic E-state index is 0.0803. The number of ether oxygens (including phenoxy) is 1. The SMILES string of the molecule is CCCCOc1ccc(-c2cc3c(cc2F)nnc2c3n(C(C)C)c(=O)n2C)cn1.